The molecule has 8 aliphatic rings. The second-order valence-corrected chi connectivity index (χ2v) is 13.7. The van der Waals surface area contributed by atoms with Crippen LogP contribution in [0.2, 0.25) is 0 Å². The van der Waals surface area contributed by atoms with E-state index in [2.05, 4.69) is 107 Å². The summed E-state index contributed by atoms with van der Waals surface area (Å²) in [6.45, 7) is 0. The fraction of sp³-hybridized carbons (Fsp3) is 0.450. The normalized spacial score (nSPS) is 36.6. The van der Waals surface area contributed by atoms with Crippen LogP contribution in [-0.4, -0.2) is 23.0 Å². The van der Waals surface area contributed by atoms with E-state index in [9.17, 15) is 0 Å². The second kappa shape index (κ2) is 11.4. The fourth-order valence-electron chi connectivity index (χ4n) is 9.30. The summed E-state index contributed by atoms with van der Waals surface area (Å²) >= 11 is 0. The van der Waals surface area contributed by atoms with Gasteiger partial charge in [0.1, 0.15) is 0 Å². The van der Waals surface area contributed by atoms with Gasteiger partial charge < -0.3 is 10.2 Å². The van der Waals surface area contributed by atoms with E-state index in [1.54, 1.807) is 28.0 Å². The van der Waals surface area contributed by atoms with Gasteiger partial charge in [-0.15, -0.1) is 0 Å². The Kier molecular flexibility index (Phi) is 7.18. The summed E-state index contributed by atoms with van der Waals surface area (Å²) in [5.41, 5.74) is 9.26. The largest absolute Gasteiger partial charge is 0.378 e. The van der Waals surface area contributed by atoms with E-state index < -0.39 is 0 Å². The minimum atomic E-state index is 0.369. The molecule has 0 radical (unpaired) electrons. The first-order valence-electron chi connectivity index (χ1n) is 16.9. The zero-order valence-corrected chi connectivity index (χ0v) is 25.0. The van der Waals surface area contributed by atoms with Gasteiger partial charge in [0.2, 0.25) is 0 Å². The Morgan fingerprint density at radius 3 is 2.55 bits per heavy atom. The molecule has 0 amide bonds. The lowest BCUT2D eigenvalue weighted by atomic mass is 9.66. The number of fused-ring (bicyclic) bond motifs is 4. The number of likely N-dealkylation sites (tertiary alicyclic amines) is 1. The minimum absolute atomic E-state index is 0.369. The minimum Gasteiger partial charge on any atom is -0.378 e. The average Bonchev–Trinajstić information content (AvgIpc) is 3.41. The van der Waals surface area contributed by atoms with Crippen molar-refractivity contribution in [1.82, 2.24) is 10.2 Å². The Balaban J connectivity index is 1.03. The number of hydrogen-bond donors (Lipinski definition) is 1. The van der Waals surface area contributed by atoms with Crippen molar-refractivity contribution in [2.45, 2.75) is 88.8 Å². The van der Waals surface area contributed by atoms with E-state index in [0.29, 0.717) is 30.0 Å². The zero-order chi connectivity index (χ0) is 27.9. The van der Waals surface area contributed by atoms with Crippen molar-refractivity contribution < 1.29 is 0 Å². The molecule has 1 aliphatic heterocycles. The Morgan fingerprint density at radius 1 is 0.738 bits per heavy atom. The van der Waals surface area contributed by atoms with Gasteiger partial charge in [-0.3, -0.25) is 0 Å². The van der Waals surface area contributed by atoms with Gasteiger partial charge in [0.15, 0.2) is 0 Å². The highest BCUT2D eigenvalue weighted by atomic mass is 15.2. The lowest BCUT2D eigenvalue weighted by molar-refractivity contribution is 0.243. The lowest BCUT2D eigenvalue weighted by Crippen LogP contribution is -2.38. The van der Waals surface area contributed by atoms with Crippen LogP contribution >= 0.6 is 0 Å². The van der Waals surface area contributed by atoms with Crippen molar-refractivity contribution in [2.75, 3.05) is 0 Å². The Bertz CT molecular complexity index is 1430. The van der Waals surface area contributed by atoms with Gasteiger partial charge in [-0.2, -0.15) is 0 Å². The van der Waals surface area contributed by atoms with Crippen LogP contribution in [0, 0.1) is 23.7 Å². The van der Waals surface area contributed by atoms with Crippen molar-refractivity contribution in [2.24, 2.45) is 23.7 Å². The van der Waals surface area contributed by atoms with Gasteiger partial charge in [-0.05, 0) is 111 Å². The van der Waals surface area contributed by atoms with Crippen molar-refractivity contribution in [3.05, 3.63) is 131 Å². The smallest absolute Gasteiger partial charge is 0.0604 e. The van der Waals surface area contributed by atoms with Crippen molar-refractivity contribution in [1.29, 1.82) is 0 Å². The summed E-state index contributed by atoms with van der Waals surface area (Å²) in [5.74, 6) is 2.90. The van der Waals surface area contributed by atoms with Crippen molar-refractivity contribution >= 4 is 0 Å². The maximum absolute atomic E-state index is 4.00. The molecular weight excluding hydrogens is 508 g/mol. The quantitative estimate of drug-likeness (QED) is 0.341. The van der Waals surface area contributed by atoms with Gasteiger partial charge in [-0.1, -0.05) is 97.1 Å². The summed E-state index contributed by atoms with van der Waals surface area (Å²) in [5, 5.41) is 4.00. The van der Waals surface area contributed by atoms with Crippen LogP contribution in [0.5, 0.6) is 0 Å². The molecular formula is C40H46N2. The summed E-state index contributed by atoms with van der Waals surface area (Å²) in [6.07, 6.45) is 52.1. The molecule has 1 heterocycles. The topological polar surface area (TPSA) is 15.3 Å². The second-order valence-electron chi connectivity index (χ2n) is 13.7. The first-order chi connectivity index (χ1) is 20.8. The number of allylic oxidation sites excluding steroid dienone is 15. The summed E-state index contributed by atoms with van der Waals surface area (Å²) in [6, 6.07) is 1.27. The molecule has 2 nitrogen and oxygen atoms in total. The zero-order valence-electron chi connectivity index (χ0n) is 25.0. The first-order valence-corrected chi connectivity index (χ1v) is 16.9. The van der Waals surface area contributed by atoms with Gasteiger partial charge in [0, 0.05) is 23.0 Å². The standard InChI is InChI=1S/C40H46N2/c1-2-10-28(11-3-1)29-20-24-32(25-21-29)41-37-17-9-19-39-40(37)36-15-6-7-18-38(36)42(39)33-26-22-31(23-27-33)35-16-8-13-30-12-4-5-14-34(30)35/h1-2,4-7,9,12,14-15,17,20-22,24,26,28,30,32,34-35,38-39,41H,3,8,10-11,13,16,18-19,23,25,27H2. The highest BCUT2D eigenvalue weighted by molar-refractivity contribution is 5.56. The van der Waals surface area contributed by atoms with Crippen LogP contribution in [0.1, 0.15) is 70.6 Å². The van der Waals surface area contributed by atoms with Crippen molar-refractivity contribution in [3.8, 4) is 0 Å². The number of nitrogens with one attached hydrogen (secondary N) is 1. The third-order valence-corrected chi connectivity index (χ3v) is 11.4. The van der Waals surface area contributed by atoms with Crippen LogP contribution in [0.25, 0.3) is 0 Å². The molecule has 0 bridgehead atoms. The SMILES string of the molecule is C1=CCC2C(=C1)C1=C(NC3C=CC(C4CC=CCC4)=CC3)C=CCC1N2C1=CC=C(C2CCCC3C=CC=CC32)CC1. The molecule has 0 aromatic heterocycles. The van der Waals surface area contributed by atoms with Crippen LogP contribution < -0.4 is 5.32 Å². The van der Waals surface area contributed by atoms with E-state index >= 15 is 0 Å². The Morgan fingerprint density at radius 2 is 1.69 bits per heavy atom. The third-order valence-electron chi connectivity index (χ3n) is 11.4. The van der Waals surface area contributed by atoms with E-state index in [0.717, 1.165) is 31.1 Å². The fourth-order valence-corrected chi connectivity index (χ4v) is 9.30. The summed E-state index contributed by atoms with van der Waals surface area (Å²) in [7, 11) is 0. The maximum atomic E-state index is 4.00. The predicted molar refractivity (Wildman–Crippen MR) is 175 cm³/mol. The van der Waals surface area contributed by atoms with Crippen LogP contribution in [-0.2, 0) is 0 Å². The molecule has 2 fully saturated rings. The molecule has 7 atom stereocenters. The molecule has 8 rings (SSSR count). The molecule has 0 aromatic rings. The molecule has 42 heavy (non-hydrogen) atoms. The number of nitrogens with zero attached hydrogens (tertiary/aromatic N) is 1. The highest BCUT2D eigenvalue weighted by Gasteiger charge is 2.44. The Hall–Kier alpha value is -3.26. The predicted octanol–water partition coefficient (Wildman–Crippen LogP) is 9.10. The van der Waals surface area contributed by atoms with E-state index in [-0.39, 0.29) is 0 Å². The first kappa shape index (κ1) is 26.4. The average molecular weight is 555 g/mol. The number of rotatable bonds is 5. The summed E-state index contributed by atoms with van der Waals surface area (Å²) < 4.78 is 0. The third kappa shape index (κ3) is 4.81. The molecule has 1 saturated carbocycles. The molecule has 216 valence electrons. The molecule has 1 saturated heterocycles. The molecule has 7 aliphatic carbocycles. The molecule has 2 heteroatoms. The van der Waals surface area contributed by atoms with E-state index in [1.807, 2.05) is 0 Å². The van der Waals surface area contributed by atoms with Crippen molar-refractivity contribution in [3.63, 3.8) is 0 Å². The van der Waals surface area contributed by atoms with E-state index in [4.69, 9.17) is 0 Å². The molecule has 1 N–H and O–H groups in total. The monoisotopic (exact) mass is 554 g/mol. The van der Waals surface area contributed by atoms with Crippen LogP contribution in [0.15, 0.2) is 131 Å². The maximum Gasteiger partial charge on any atom is 0.0604 e. The van der Waals surface area contributed by atoms with Gasteiger partial charge in [0.05, 0.1) is 12.1 Å². The Labute approximate surface area is 253 Å². The number of hydrogen-bond acceptors (Lipinski definition) is 2. The van der Waals surface area contributed by atoms with Gasteiger partial charge >= 0.3 is 0 Å². The van der Waals surface area contributed by atoms with Crippen LogP contribution in [0.4, 0.5) is 0 Å². The highest BCUT2D eigenvalue weighted by Crippen LogP contribution is 2.48. The van der Waals surface area contributed by atoms with E-state index in [1.165, 1.54) is 57.1 Å². The van der Waals surface area contributed by atoms with Crippen LogP contribution in [0.3, 0.4) is 0 Å². The molecule has 0 aromatic carbocycles. The van der Waals surface area contributed by atoms with Gasteiger partial charge in [-0.25, -0.2) is 0 Å². The summed E-state index contributed by atoms with van der Waals surface area (Å²) in [4.78, 5) is 2.82. The molecule has 7 unspecified atom stereocenters. The molecule has 0 spiro atoms. The lowest BCUT2D eigenvalue weighted by Gasteiger charge is -2.40. The van der Waals surface area contributed by atoms with Gasteiger partial charge in [0.25, 0.3) is 0 Å².